The van der Waals surface area contributed by atoms with Gasteiger partial charge in [0.2, 0.25) is 11.8 Å². The first-order chi connectivity index (χ1) is 6.82. The molecule has 0 bridgehead atoms. The van der Waals surface area contributed by atoms with Gasteiger partial charge in [0.05, 0.1) is 6.42 Å². The zero-order chi connectivity index (χ0) is 12.0. The van der Waals surface area contributed by atoms with Crippen LogP contribution in [0, 0.1) is 0 Å². The number of nitrogens with one attached hydrogen (secondary N) is 1. The molecule has 7 nitrogen and oxygen atoms in total. The number of nitrogens with two attached hydrogens (primary N) is 2. The second-order valence-corrected chi connectivity index (χ2v) is 3.31. The Bertz CT molecular complexity index is 265. The van der Waals surface area contributed by atoms with Crippen LogP contribution < -0.4 is 16.8 Å². The third-order valence-corrected chi connectivity index (χ3v) is 1.55. The SMILES string of the molecule is CC(N)CC(=O)N[C@H](CC(N)=O)C(=O)O. The fraction of sp³-hybridized carbons (Fsp3) is 0.625. The van der Waals surface area contributed by atoms with Gasteiger partial charge in [0.1, 0.15) is 6.04 Å². The van der Waals surface area contributed by atoms with Crippen molar-refractivity contribution in [1.82, 2.24) is 5.32 Å². The van der Waals surface area contributed by atoms with Gasteiger partial charge in [-0.15, -0.1) is 0 Å². The van der Waals surface area contributed by atoms with Crippen LogP contribution in [0.25, 0.3) is 0 Å². The number of carbonyl (C=O) groups is 3. The highest BCUT2D eigenvalue weighted by molar-refractivity contribution is 5.88. The van der Waals surface area contributed by atoms with E-state index >= 15 is 0 Å². The Balaban J connectivity index is 4.22. The summed E-state index contributed by atoms with van der Waals surface area (Å²) < 4.78 is 0. The Kier molecular flexibility index (Phi) is 5.32. The first kappa shape index (κ1) is 13.4. The lowest BCUT2D eigenvalue weighted by Crippen LogP contribution is -2.44. The van der Waals surface area contributed by atoms with Crippen molar-refractivity contribution in [3.8, 4) is 0 Å². The van der Waals surface area contributed by atoms with Gasteiger partial charge in [0.25, 0.3) is 0 Å². The van der Waals surface area contributed by atoms with Gasteiger partial charge in [0.15, 0.2) is 0 Å². The normalized spacial score (nSPS) is 14.0. The Hall–Kier alpha value is -1.63. The average molecular weight is 217 g/mol. The number of amides is 2. The van der Waals surface area contributed by atoms with E-state index < -0.39 is 30.2 Å². The second-order valence-electron chi connectivity index (χ2n) is 3.31. The van der Waals surface area contributed by atoms with Crippen molar-refractivity contribution in [3.63, 3.8) is 0 Å². The van der Waals surface area contributed by atoms with Crippen molar-refractivity contribution in [2.45, 2.75) is 31.8 Å². The predicted molar refractivity (Wildman–Crippen MR) is 51.6 cm³/mol. The van der Waals surface area contributed by atoms with Crippen molar-refractivity contribution in [2.24, 2.45) is 11.5 Å². The van der Waals surface area contributed by atoms with Crippen molar-refractivity contribution in [3.05, 3.63) is 0 Å². The van der Waals surface area contributed by atoms with Crippen LogP contribution in [0.1, 0.15) is 19.8 Å². The monoisotopic (exact) mass is 217 g/mol. The lowest BCUT2D eigenvalue weighted by Gasteiger charge is -2.13. The second kappa shape index (κ2) is 5.97. The van der Waals surface area contributed by atoms with E-state index in [1.54, 1.807) is 6.92 Å². The highest BCUT2D eigenvalue weighted by Crippen LogP contribution is 1.94. The van der Waals surface area contributed by atoms with Crippen molar-refractivity contribution < 1.29 is 19.5 Å². The van der Waals surface area contributed by atoms with E-state index in [1.165, 1.54) is 0 Å². The zero-order valence-electron chi connectivity index (χ0n) is 8.40. The van der Waals surface area contributed by atoms with Crippen LogP contribution >= 0.6 is 0 Å². The molecular weight excluding hydrogens is 202 g/mol. The summed E-state index contributed by atoms with van der Waals surface area (Å²) in [5.41, 5.74) is 10.2. The zero-order valence-corrected chi connectivity index (χ0v) is 8.40. The van der Waals surface area contributed by atoms with E-state index in [9.17, 15) is 14.4 Å². The van der Waals surface area contributed by atoms with Gasteiger partial charge in [-0.1, -0.05) is 0 Å². The van der Waals surface area contributed by atoms with E-state index in [2.05, 4.69) is 5.32 Å². The molecule has 0 aliphatic heterocycles. The molecule has 0 heterocycles. The van der Waals surface area contributed by atoms with Crippen molar-refractivity contribution >= 4 is 17.8 Å². The van der Waals surface area contributed by atoms with E-state index in [0.717, 1.165) is 0 Å². The highest BCUT2D eigenvalue weighted by Gasteiger charge is 2.22. The lowest BCUT2D eigenvalue weighted by atomic mass is 10.1. The van der Waals surface area contributed by atoms with Crippen molar-refractivity contribution in [2.75, 3.05) is 0 Å². The first-order valence-corrected chi connectivity index (χ1v) is 4.39. The van der Waals surface area contributed by atoms with Gasteiger partial charge in [-0.2, -0.15) is 0 Å². The maximum Gasteiger partial charge on any atom is 0.326 e. The Morgan fingerprint density at radius 3 is 2.20 bits per heavy atom. The van der Waals surface area contributed by atoms with E-state index in [-0.39, 0.29) is 12.5 Å². The minimum Gasteiger partial charge on any atom is -0.480 e. The molecule has 0 aliphatic rings. The average Bonchev–Trinajstić information content (AvgIpc) is 1.99. The van der Waals surface area contributed by atoms with Crippen LogP contribution in [0.2, 0.25) is 0 Å². The molecule has 0 aliphatic carbocycles. The molecule has 0 aromatic rings. The molecule has 7 heteroatoms. The summed E-state index contributed by atoms with van der Waals surface area (Å²) in [6.07, 6.45) is -0.428. The van der Waals surface area contributed by atoms with Gasteiger partial charge in [-0.3, -0.25) is 9.59 Å². The molecule has 15 heavy (non-hydrogen) atoms. The van der Waals surface area contributed by atoms with Crippen LogP contribution in [0.15, 0.2) is 0 Å². The van der Waals surface area contributed by atoms with Gasteiger partial charge in [0, 0.05) is 12.5 Å². The largest absolute Gasteiger partial charge is 0.480 e. The number of hydrogen-bond acceptors (Lipinski definition) is 4. The lowest BCUT2D eigenvalue weighted by molar-refractivity contribution is -0.143. The molecule has 0 fully saturated rings. The number of carbonyl (C=O) groups excluding carboxylic acids is 2. The number of aliphatic carboxylic acids is 1. The van der Waals surface area contributed by atoms with E-state index in [0.29, 0.717) is 0 Å². The molecule has 86 valence electrons. The van der Waals surface area contributed by atoms with Crippen LogP contribution in [0.4, 0.5) is 0 Å². The fourth-order valence-electron chi connectivity index (χ4n) is 0.947. The molecule has 0 spiro atoms. The number of hydrogen-bond donors (Lipinski definition) is 4. The highest BCUT2D eigenvalue weighted by atomic mass is 16.4. The van der Waals surface area contributed by atoms with Gasteiger partial charge >= 0.3 is 5.97 Å². The first-order valence-electron chi connectivity index (χ1n) is 4.39. The molecule has 0 aromatic carbocycles. The summed E-state index contributed by atoms with van der Waals surface area (Å²) in [5.74, 6) is -2.60. The molecule has 6 N–H and O–H groups in total. The Morgan fingerprint density at radius 1 is 1.33 bits per heavy atom. The number of carboxylic acids is 1. The number of rotatable bonds is 6. The topological polar surface area (TPSA) is 136 Å². The molecule has 2 amide bonds. The summed E-state index contributed by atoms with van der Waals surface area (Å²) in [4.78, 5) is 32.2. The van der Waals surface area contributed by atoms with E-state index in [4.69, 9.17) is 16.6 Å². The Morgan fingerprint density at radius 2 is 1.87 bits per heavy atom. The van der Waals surface area contributed by atoms with Crippen LogP contribution in [-0.2, 0) is 14.4 Å². The summed E-state index contributed by atoms with van der Waals surface area (Å²) in [5, 5.41) is 10.8. The fourth-order valence-corrected chi connectivity index (χ4v) is 0.947. The molecular formula is C8H15N3O4. The van der Waals surface area contributed by atoms with Gasteiger partial charge in [-0.25, -0.2) is 4.79 Å². The molecule has 0 saturated heterocycles. The van der Waals surface area contributed by atoms with Crippen molar-refractivity contribution in [1.29, 1.82) is 0 Å². The minimum atomic E-state index is -1.30. The third-order valence-electron chi connectivity index (χ3n) is 1.55. The van der Waals surface area contributed by atoms with Gasteiger partial charge in [-0.05, 0) is 6.92 Å². The Labute approximate surface area is 86.8 Å². The molecule has 2 atom stereocenters. The minimum absolute atomic E-state index is 0.00252. The van der Waals surface area contributed by atoms with Crippen LogP contribution in [0.5, 0.6) is 0 Å². The molecule has 0 saturated carbocycles. The molecule has 0 rings (SSSR count). The van der Waals surface area contributed by atoms with Crippen LogP contribution in [0.3, 0.4) is 0 Å². The number of carboxylic acid groups (broad SMARTS) is 1. The van der Waals surface area contributed by atoms with Gasteiger partial charge < -0.3 is 21.9 Å². The summed E-state index contributed by atoms with van der Waals surface area (Å²) >= 11 is 0. The maximum atomic E-state index is 11.1. The summed E-state index contributed by atoms with van der Waals surface area (Å²) in [6, 6.07) is -1.65. The van der Waals surface area contributed by atoms with E-state index in [1.807, 2.05) is 0 Å². The van der Waals surface area contributed by atoms with Crippen LogP contribution in [-0.4, -0.2) is 35.0 Å². The smallest absolute Gasteiger partial charge is 0.326 e. The summed E-state index contributed by atoms with van der Waals surface area (Å²) in [6.45, 7) is 1.61. The maximum absolute atomic E-state index is 11.1. The third kappa shape index (κ3) is 6.44. The molecule has 1 unspecified atom stereocenters. The summed E-state index contributed by atoms with van der Waals surface area (Å²) in [7, 11) is 0. The predicted octanol–water partition coefficient (Wildman–Crippen LogP) is -1.83. The molecule has 0 aromatic heterocycles. The standard InChI is InChI=1S/C8H15N3O4/c1-4(9)2-7(13)11-5(8(14)15)3-6(10)12/h4-5H,2-3,9H2,1H3,(H2,10,12)(H,11,13)(H,14,15)/t4?,5-/m1/s1. The quantitative estimate of drug-likeness (QED) is 0.415. The molecule has 0 radical (unpaired) electrons. The number of primary amides is 1.